The van der Waals surface area contributed by atoms with E-state index in [1.54, 1.807) is 0 Å². The van der Waals surface area contributed by atoms with E-state index in [1.807, 2.05) is 7.05 Å². The van der Waals surface area contributed by atoms with Crippen LogP contribution in [0.2, 0.25) is 0 Å². The zero-order chi connectivity index (χ0) is 13.7. The van der Waals surface area contributed by atoms with Crippen LogP contribution >= 0.6 is 0 Å². The van der Waals surface area contributed by atoms with Crippen molar-refractivity contribution in [1.82, 2.24) is 5.32 Å². The van der Waals surface area contributed by atoms with Gasteiger partial charge in [0.2, 0.25) is 0 Å². The summed E-state index contributed by atoms with van der Waals surface area (Å²) in [4.78, 5) is 0. The highest BCUT2D eigenvalue weighted by Gasteiger charge is 2.04. The lowest BCUT2D eigenvalue weighted by molar-refractivity contribution is 0.302. The Morgan fingerprint density at radius 1 is 1.00 bits per heavy atom. The molecule has 0 saturated carbocycles. The third-order valence-corrected chi connectivity index (χ3v) is 3.06. The first-order valence-electron chi connectivity index (χ1n) is 6.61. The third-order valence-electron chi connectivity index (χ3n) is 3.06. The monoisotopic (exact) mass is 255 g/mol. The smallest absolute Gasteiger partial charge is 0.124 e. The first kappa shape index (κ1) is 13.6. The fourth-order valence-electron chi connectivity index (χ4n) is 2.14. The van der Waals surface area contributed by atoms with Crippen LogP contribution in [0, 0.1) is 13.8 Å². The molecule has 0 heterocycles. The minimum Gasteiger partial charge on any atom is -0.489 e. The lowest BCUT2D eigenvalue weighted by atomic mass is 10.1. The molecule has 2 aromatic rings. The van der Waals surface area contributed by atoms with Crippen LogP contribution in [0.15, 0.2) is 42.5 Å². The van der Waals surface area contributed by atoms with Crippen LogP contribution in [-0.4, -0.2) is 7.05 Å². The minimum atomic E-state index is 0.613. The fraction of sp³-hybridized carbons (Fsp3) is 0.294. The van der Waals surface area contributed by atoms with E-state index in [4.69, 9.17) is 4.74 Å². The van der Waals surface area contributed by atoms with Crippen LogP contribution in [0.25, 0.3) is 0 Å². The number of hydrogen-bond acceptors (Lipinski definition) is 2. The van der Waals surface area contributed by atoms with Gasteiger partial charge in [-0.25, -0.2) is 0 Å². The number of nitrogens with one attached hydrogen (secondary N) is 1. The molecule has 2 heteroatoms. The molecule has 0 radical (unpaired) electrons. The molecule has 0 bridgehead atoms. The molecule has 0 fully saturated rings. The second-order valence-electron chi connectivity index (χ2n) is 4.92. The summed E-state index contributed by atoms with van der Waals surface area (Å²) < 4.78 is 5.95. The van der Waals surface area contributed by atoms with Gasteiger partial charge in [-0.05, 0) is 32.5 Å². The van der Waals surface area contributed by atoms with Crippen LogP contribution in [0.5, 0.6) is 5.75 Å². The SMILES string of the molecule is CNCc1cc(C)ccc1OCc1cccc(C)c1. The zero-order valence-electron chi connectivity index (χ0n) is 11.9. The molecule has 0 unspecified atom stereocenters. The summed E-state index contributed by atoms with van der Waals surface area (Å²) in [6.07, 6.45) is 0. The van der Waals surface area contributed by atoms with E-state index in [0.29, 0.717) is 6.61 Å². The maximum absolute atomic E-state index is 5.95. The molecule has 0 amide bonds. The molecule has 0 aliphatic carbocycles. The molecule has 2 nitrogen and oxygen atoms in total. The second kappa shape index (κ2) is 6.39. The van der Waals surface area contributed by atoms with Crippen molar-refractivity contribution in [3.63, 3.8) is 0 Å². The maximum Gasteiger partial charge on any atom is 0.124 e. The molecule has 1 N–H and O–H groups in total. The van der Waals surface area contributed by atoms with E-state index in [-0.39, 0.29) is 0 Å². The van der Waals surface area contributed by atoms with Crippen molar-refractivity contribution in [3.05, 3.63) is 64.7 Å². The van der Waals surface area contributed by atoms with Crippen molar-refractivity contribution in [2.75, 3.05) is 7.05 Å². The summed E-state index contributed by atoms with van der Waals surface area (Å²) in [5.41, 5.74) is 4.93. The van der Waals surface area contributed by atoms with Crippen LogP contribution in [0.3, 0.4) is 0 Å². The first-order valence-corrected chi connectivity index (χ1v) is 6.61. The summed E-state index contributed by atoms with van der Waals surface area (Å²) in [5.74, 6) is 0.960. The van der Waals surface area contributed by atoms with Crippen molar-refractivity contribution in [2.24, 2.45) is 0 Å². The molecule has 19 heavy (non-hydrogen) atoms. The predicted molar refractivity (Wildman–Crippen MR) is 79.5 cm³/mol. The molecule has 0 aliphatic heterocycles. The van der Waals surface area contributed by atoms with Gasteiger partial charge in [-0.2, -0.15) is 0 Å². The van der Waals surface area contributed by atoms with Gasteiger partial charge in [-0.15, -0.1) is 0 Å². The van der Waals surface area contributed by atoms with E-state index in [2.05, 4.69) is 61.6 Å². The Balaban J connectivity index is 2.10. The van der Waals surface area contributed by atoms with Crippen molar-refractivity contribution >= 4 is 0 Å². The van der Waals surface area contributed by atoms with Gasteiger partial charge in [0.05, 0.1) is 0 Å². The summed E-state index contributed by atoms with van der Waals surface area (Å²) >= 11 is 0. The first-order chi connectivity index (χ1) is 9.19. The quantitative estimate of drug-likeness (QED) is 0.881. The zero-order valence-corrected chi connectivity index (χ0v) is 11.9. The number of rotatable bonds is 5. The minimum absolute atomic E-state index is 0.613. The highest BCUT2D eigenvalue weighted by Crippen LogP contribution is 2.21. The summed E-state index contributed by atoms with van der Waals surface area (Å²) in [7, 11) is 1.95. The fourth-order valence-corrected chi connectivity index (χ4v) is 2.14. The van der Waals surface area contributed by atoms with Crippen LogP contribution in [-0.2, 0) is 13.2 Å². The largest absolute Gasteiger partial charge is 0.489 e. The van der Waals surface area contributed by atoms with Crippen LogP contribution in [0.4, 0.5) is 0 Å². The molecule has 100 valence electrons. The van der Waals surface area contributed by atoms with Gasteiger partial charge in [-0.3, -0.25) is 0 Å². The van der Waals surface area contributed by atoms with Gasteiger partial charge in [0.1, 0.15) is 12.4 Å². The Morgan fingerprint density at radius 2 is 1.79 bits per heavy atom. The Labute approximate surface area is 115 Å². The average Bonchev–Trinajstić information content (AvgIpc) is 2.38. The Kier molecular flexibility index (Phi) is 4.58. The van der Waals surface area contributed by atoms with Gasteiger partial charge >= 0.3 is 0 Å². The van der Waals surface area contributed by atoms with E-state index in [0.717, 1.165) is 12.3 Å². The lowest BCUT2D eigenvalue weighted by Gasteiger charge is -2.12. The van der Waals surface area contributed by atoms with E-state index in [1.165, 1.54) is 22.3 Å². The number of aryl methyl sites for hydroxylation is 2. The highest BCUT2D eigenvalue weighted by atomic mass is 16.5. The molecular formula is C17H21NO. The van der Waals surface area contributed by atoms with Crippen molar-refractivity contribution < 1.29 is 4.74 Å². The number of hydrogen-bond donors (Lipinski definition) is 1. The molecule has 0 aromatic heterocycles. The van der Waals surface area contributed by atoms with Crippen molar-refractivity contribution in [1.29, 1.82) is 0 Å². The molecule has 0 spiro atoms. The van der Waals surface area contributed by atoms with Crippen molar-refractivity contribution in [2.45, 2.75) is 27.0 Å². The van der Waals surface area contributed by atoms with Gasteiger partial charge in [0.25, 0.3) is 0 Å². The predicted octanol–water partition coefficient (Wildman–Crippen LogP) is 3.60. The molecule has 0 aliphatic rings. The van der Waals surface area contributed by atoms with Crippen LogP contribution < -0.4 is 10.1 Å². The normalized spacial score (nSPS) is 10.5. The molecular weight excluding hydrogens is 234 g/mol. The van der Waals surface area contributed by atoms with Crippen LogP contribution in [0.1, 0.15) is 22.3 Å². The average molecular weight is 255 g/mol. The molecule has 2 rings (SSSR count). The Hall–Kier alpha value is -1.80. The standard InChI is InChI=1S/C17H21NO/c1-13-5-4-6-15(9-13)12-19-17-8-7-14(2)10-16(17)11-18-3/h4-10,18H,11-12H2,1-3H3. The molecule has 0 saturated heterocycles. The lowest BCUT2D eigenvalue weighted by Crippen LogP contribution is -2.08. The topological polar surface area (TPSA) is 21.3 Å². The number of benzene rings is 2. The summed E-state index contributed by atoms with van der Waals surface area (Å²) in [6, 6.07) is 14.7. The maximum atomic E-state index is 5.95. The van der Waals surface area contributed by atoms with E-state index in [9.17, 15) is 0 Å². The summed E-state index contributed by atoms with van der Waals surface area (Å²) in [5, 5.41) is 3.18. The van der Waals surface area contributed by atoms with Gasteiger partial charge in [0.15, 0.2) is 0 Å². The van der Waals surface area contributed by atoms with Gasteiger partial charge in [0, 0.05) is 12.1 Å². The Bertz CT molecular complexity index is 549. The molecule has 0 atom stereocenters. The Morgan fingerprint density at radius 3 is 2.53 bits per heavy atom. The molecule has 2 aromatic carbocycles. The highest BCUT2D eigenvalue weighted by molar-refractivity contribution is 5.37. The van der Waals surface area contributed by atoms with E-state index < -0.39 is 0 Å². The van der Waals surface area contributed by atoms with Gasteiger partial charge in [-0.1, -0.05) is 47.5 Å². The van der Waals surface area contributed by atoms with Crippen molar-refractivity contribution in [3.8, 4) is 5.75 Å². The second-order valence-corrected chi connectivity index (χ2v) is 4.92. The number of ether oxygens (including phenoxy) is 1. The van der Waals surface area contributed by atoms with Gasteiger partial charge < -0.3 is 10.1 Å². The summed E-state index contributed by atoms with van der Waals surface area (Å²) in [6.45, 7) is 5.64. The van der Waals surface area contributed by atoms with E-state index >= 15 is 0 Å². The third kappa shape index (κ3) is 3.83.